The first-order chi connectivity index (χ1) is 11.1. The van der Waals surface area contributed by atoms with Crippen LogP contribution >= 0.6 is 11.8 Å². The number of piperidine rings is 1. The monoisotopic (exact) mass is 335 g/mol. The van der Waals surface area contributed by atoms with Crippen LogP contribution in [0.25, 0.3) is 5.69 Å². The molecule has 1 aromatic carbocycles. The molecule has 0 N–H and O–H groups in total. The van der Waals surface area contributed by atoms with Crippen LogP contribution in [0.4, 0.5) is 4.39 Å². The minimum atomic E-state index is -0.354. The lowest BCUT2D eigenvalue weighted by atomic mass is 9.99. The van der Waals surface area contributed by atoms with Gasteiger partial charge in [-0.1, -0.05) is 24.8 Å². The van der Waals surface area contributed by atoms with Gasteiger partial charge in [0.2, 0.25) is 11.1 Å². The van der Waals surface area contributed by atoms with Gasteiger partial charge in [0, 0.05) is 13.1 Å². The van der Waals surface area contributed by atoms with E-state index < -0.39 is 0 Å². The fourth-order valence-electron chi connectivity index (χ4n) is 2.51. The summed E-state index contributed by atoms with van der Waals surface area (Å²) < 4.78 is 14.8. The predicted octanol–water partition coefficient (Wildman–Crippen LogP) is 2.15. The summed E-state index contributed by atoms with van der Waals surface area (Å²) in [5.41, 5.74) is 0.539. The van der Waals surface area contributed by atoms with E-state index in [0.717, 1.165) is 25.9 Å². The van der Waals surface area contributed by atoms with E-state index in [2.05, 4.69) is 22.4 Å². The van der Waals surface area contributed by atoms with Crippen molar-refractivity contribution in [1.82, 2.24) is 25.1 Å². The van der Waals surface area contributed by atoms with Crippen molar-refractivity contribution in [3.63, 3.8) is 0 Å². The Kier molecular flexibility index (Phi) is 4.90. The third-order valence-corrected chi connectivity index (χ3v) is 4.86. The van der Waals surface area contributed by atoms with Gasteiger partial charge < -0.3 is 4.90 Å². The van der Waals surface area contributed by atoms with Crippen LogP contribution in [0.1, 0.15) is 19.8 Å². The van der Waals surface area contributed by atoms with E-state index in [0.29, 0.717) is 16.8 Å². The average molecular weight is 335 g/mol. The molecule has 3 rings (SSSR count). The Bertz CT molecular complexity index is 684. The second kappa shape index (κ2) is 7.08. The van der Waals surface area contributed by atoms with Crippen LogP contribution in [0.15, 0.2) is 29.4 Å². The summed E-state index contributed by atoms with van der Waals surface area (Å²) in [5.74, 6) is 0.708. The molecule has 1 amide bonds. The number of thioether (sulfide) groups is 1. The van der Waals surface area contributed by atoms with Crippen LogP contribution in [0, 0.1) is 11.7 Å². The molecule has 23 heavy (non-hydrogen) atoms. The summed E-state index contributed by atoms with van der Waals surface area (Å²) >= 11 is 1.27. The molecule has 0 spiro atoms. The van der Waals surface area contributed by atoms with Gasteiger partial charge in [0.15, 0.2) is 0 Å². The Morgan fingerprint density at radius 3 is 2.91 bits per heavy atom. The molecule has 122 valence electrons. The first-order valence-corrected chi connectivity index (χ1v) is 8.57. The van der Waals surface area contributed by atoms with Crippen LogP contribution in [0.3, 0.4) is 0 Å². The van der Waals surface area contributed by atoms with Crippen molar-refractivity contribution in [3.8, 4) is 5.69 Å². The van der Waals surface area contributed by atoms with Crippen LogP contribution in [0.5, 0.6) is 0 Å². The summed E-state index contributed by atoms with van der Waals surface area (Å²) in [7, 11) is 0. The van der Waals surface area contributed by atoms with Gasteiger partial charge in [0.1, 0.15) is 5.82 Å². The quantitative estimate of drug-likeness (QED) is 0.801. The number of benzene rings is 1. The van der Waals surface area contributed by atoms with Crippen LogP contribution < -0.4 is 0 Å². The van der Waals surface area contributed by atoms with Gasteiger partial charge in [0.05, 0.1) is 11.4 Å². The number of carbonyl (C=O) groups excluding carboxylic acids is 1. The standard InChI is InChI=1S/C15H18FN5OS/c1-11-5-7-20(8-6-11)14(22)10-23-15-17-18-19-21(15)13-4-2-3-12(16)9-13/h2-4,9,11H,5-8,10H2,1H3. The van der Waals surface area contributed by atoms with Crippen molar-refractivity contribution in [2.75, 3.05) is 18.8 Å². The first-order valence-electron chi connectivity index (χ1n) is 7.58. The molecule has 8 heteroatoms. The summed E-state index contributed by atoms with van der Waals surface area (Å²) in [6.45, 7) is 3.84. The summed E-state index contributed by atoms with van der Waals surface area (Å²) in [5, 5.41) is 11.9. The fourth-order valence-corrected chi connectivity index (χ4v) is 3.31. The van der Waals surface area contributed by atoms with Crippen molar-refractivity contribution < 1.29 is 9.18 Å². The number of likely N-dealkylation sites (tertiary alicyclic amines) is 1. The molecule has 1 aliphatic rings. The van der Waals surface area contributed by atoms with Gasteiger partial charge in [-0.2, -0.15) is 4.68 Å². The van der Waals surface area contributed by atoms with Crippen LogP contribution in [-0.4, -0.2) is 49.9 Å². The molecule has 0 radical (unpaired) electrons. The molecule has 2 aromatic rings. The maximum absolute atomic E-state index is 13.3. The Labute approximate surface area is 138 Å². The minimum absolute atomic E-state index is 0.0932. The second-order valence-corrected chi connectivity index (χ2v) is 6.65. The average Bonchev–Trinajstić information content (AvgIpc) is 3.02. The highest BCUT2D eigenvalue weighted by molar-refractivity contribution is 7.99. The zero-order valence-corrected chi connectivity index (χ0v) is 13.7. The van der Waals surface area contributed by atoms with E-state index in [-0.39, 0.29) is 17.5 Å². The third-order valence-electron chi connectivity index (χ3n) is 3.95. The summed E-state index contributed by atoms with van der Waals surface area (Å²) in [6.07, 6.45) is 2.11. The summed E-state index contributed by atoms with van der Waals surface area (Å²) in [6, 6.07) is 6.04. The number of carbonyl (C=O) groups is 1. The zero-order chi connectivity index (χ0) is 16.2. The normalized spacial score (nSPS) is 15.8. The molecule has 0 saturated carbocycles. The Morgan fingerprint density at radius 2 is 2.17 bits per heavy atom. The minimum Gasteiger partial charge on any atom is -0.342 e. The maximum Gasteiger partial charge on any atom is 0.233 e. The highest BCUT2D eigenvalue weighted by Gasteiger charge is 2.21. The van der Waals surface area contributed by atoms with Crippen LogP contribution in [-0.2, 0) is 4.79 Å². The van der Waals surface area contributed by atoms with E-state index in [1.165, 1.54) is 28.6 Å². The molecule has 6 nitrogen and oxygen atoms in total. The number of nitrogens with zero attached hydrogens (tertiary/aromatic N) is 5. The molecule has 2 heterocycles. The van der Waals surface area contributed by atoms with Crippen molar-refractivity contribution >= 4 is 17.7 Å². The number of aromatic nitrogens is 4. The number of hydrogen-bond acceptors (Lipinski definition) is 5. The van der Waals surface area contributed by atoms with Crippen molar-refractivity contribution in [1.29, 1.82) is 0 Å². The van der Waals surface area contributed by atoms with Gasteiger partial charge in [-0.15, -0.1) is 5.10 Å². The Morgan fingerprint density at radius 1 is 1.39 bits per heavy atom. The number of halogens is 1. The van der Waals surface area contributed by atoms with Gasteiger partial charge in [-0.25, -0.2) is 4.39 Å². The van der Waals surface area contributed by atoms with Crippen molar-refractivity contribution in [2.24, 2.45) is 5.92 Å². The largest absolute Gasteiger partial charge is 0.342 e. The van der Waals surface area contributed by atoms with Crippen molar-refractivity contribution in [3.05, 3.63) is 30.1 Å². The van der Waals surface area contributed by atoms with Gasteiger partial charge >= 0.3 is 0 Å². The topological polar surface area (TPSA) is 63.9 Å². The van der Waals surface area contributed by atoms with E-state index in [9.17, 15) is 9.18 Å². The molecular formula is C15H18FN5OS. The van der Waals surface area contributed by atoms with Gasteiger partial charge in [-0.05, 0) is 47.4 Å². The lowest BCUT2D eigenvalue weighted by Gasteiger charge is -2.30. The number of amides is 1. The van der Waals surface area contributed by atoms with Gasteiger partial charge in [-0.3, -0.25) is 4.79 Å². The molecule has 0 bridgehead atoms. The molecule has 1 aliphatic heterocycles. The number of rotatable bonds is 4. The van der Waals surface area contributed by atoms with Gasteiger partial charge in [0.25, 0.3) is 0 Å². The molecule has 1 saturated heterocycles. The smallest absolute Gasteiger partial charge is 0.233 e. The first kappa shape index (κ1) is 15.9. The Hall–Kier alpha value is -1.96. The Balaban J connectivity index is 1.63. The highest BCUT2D eigenvalue weighted by Crippen LogP contribution is 2.21. The number of tetrazole rings is 1. The van der Waals surface area contributed by atoms with E-state index >= 15 is 0 Å². The summed E-state index contributed by atoms with van der Waals surface area (Å²) in [4.78, 5) is 14.2. The number of hydrogen-bond donors (Lipinski definition) is 0. The van der Waals surface area contributed by atoms with E-state index in [4.69, 9.17) is 0 Å². The third kappa shape index (κ3) is 3.87. The molecule has 1 aromatic heterocycles. The molecule has 0 atom stereocenters. The zero-order valence-electron chi connectivity index (χ0n) is 12.9. The lowest BCUT2D eigenvalue weighted by molar-refractivity contribution is -0.129. The van der Waals surface area contributed by atoms with E-state index in [1.807, 2.05) is 4.90 Å². The predicted molar refractivity (Wildman–Crippen MR) is 84.8 cm³/mol. The second-order valence-electron chi connectivity index (χ2n) is 5.71. The SMILES string of the molecule is CC1CCN(C(=O)CSc2nnnn2-c2cccc(F)c2)CC1. The molecular weight excluding hydrogens is 317 g/mol. The lowest BCUT2D eigenvalue weighted by Crippen LogP contribution is -2.38. The molecule has 1 fully saturated rings. The maximum atomic E-state index is 13.3. The highest BCUT2D eigenvalue weighted by atomic mass is 32.2. The van der Waals surface area contributed by atoms with Crippen LogP contribution in [0.2, 0.25) is 0 Å². The molecule has 0 aliphatic carbocycles. The fraction of sp³-hybridized carbons (Fsp3) is 0.467. The van der Waals surface area contributed by atoms with Crippen molar-refractivity contribution in [2.45, 2.75) is 24.9 Å². The van der Waals surface area contributed by atoms with E-state index in [1.54, 1.807) is 12.1 Å². The molecule has 0 unspecified atom stereocenters.